The lowest BCUT2D eigenvalue weighted by molar-refractivity contribution is -0.141. The van der Waals surface area contributed by atoms with Gasteiger partial charge in [-0.1, -0.05) is 13.3 Å². The second kappa shape index (κ2) is 7.41. The molecule has 116 valence electrons. The molecular weight excluding hydrogens is 252 g/mol. The van der Waals surface area contributed by atoms with Crippen LogP contribution in [0.1, 0.15) is 58.3 Å². The third-order valence-corrected chi connectivity index (χ3v) is 5.21. The first-order valence-electron chi connectivity index (χ1n) is 8.30. The Labute approximate surface area is 122 Å². The smallest absolute Gasteiger partial charge is 0.225 e. The summed E-state index contributed by atoms with van der Waals surface area (Å²) in [6.07, 6.45) is 8.58. The van der Waals surface area contributed by atoms with Crippen molar-refractivity contribution >= 4 is 5.91 Å². The molecule has 1 amide bonds. The number of nitrogens with two attached hydrogens (primary N) is 1. The zero-order valence-corrected chi connectivity index (χ0v) is 12.8. The molecule has 3 atom stereocenters. The Balaban J connectivity index is 1.94. The van der Waals surface area contributed by atoms with Crippen LogP contribution in [0.4, 0.5) is 0 Å². The van der Waals surface area contributed by atoms with Crippen molar-refractivity contribution in [3.8, 4) is 0 Å². The predicted octanol–water partition coefficient (Wildman–Crippen LogP) is 1.90. The van der Waals surface area contributed by atoms with E-state index in [1.165, 1.54) is 6.42 Å². The molecule has 0 aromatic carbocycles. The first-order valence-corrected chi connectivity index (χ1v) is 8.30. The summed E-state index contributed by atoms with van der Waals surface area (Å²) < 4.78 is 0. The van der Waals surface area contributed by atoms with Crippen molar-refractivity contribution in [1.29, 1.82) is 0 Å². The van der Waals surface area contributed by atoms with E-state index in [4.69, 9.17) is 10.8 Å². The third-order valence-electron chi connectivity index (χ3n) is 5.21. The van der Waals surface area contributed by atoms with Crippen molar-refractivity contribution in [2.24, 2.45) is 17.6 Å². The van der Waals surface area contributed by atoms with Crippen LogP contribution in [0.25, 0.3) is 0 Å². The number of hydrogen-bond donors (Lipinski definition) is 2. The highest BCUT2D eigenvalue weighted by molar-refractivity contribution is 5.79. The topological polar surface area (TPSA) is 66.6 Å². The number of aliphatic hydroxyl groups excluding tert-OH is 1. The Bertz CT molecular complexity index is 318. The molecule has 2 saturated carbocycles. The molecule has 0 aromatic heterocycles. The summed E-state index contributed by atoms with van der Waals surface area (Å²) in [5, 5.41) is 9.04. The van der Waals surface area contributed by atoms with Crippen molar-refractivity contribution in [3.05, 3.63) is 0 Å². The largest absolute Gasteiger partial charge is 0.396 e. The lowest BCUT2D eigenvalue weighted by atomic mass is 9.77. The number of amides is 1. The van der Waals surface area contributed by atoms with Crippen LogP contribution >= 0.6 is 0 Å². The molecule has 4 nitrogen and oxygen atoms in total. The van der Waals surface area contributed by atoms with Gasteiger partial charge in [-0.25, -0.2) is 0 Å². The molecule has 3 unspecified atom stereocenters. The van der Waals surface area contributed by atoms with E-state index >= 15 is 0 Å². The summed E-state index contributed by atoms with van der Waals surface area (Å²) in [5.74, 6) is 0.825. The maximum atomic E-state index is 12.8. The highest BCUT2D eigenvalue weighted by Gasteiger charge is 2.35. The lowest BCUT2D eigenvalue weighted by Gasteiger charge is -2.41. The maximum Gasteiger partial charge on any atom is 0.225 e. The number of rotatable bonds is 6. The monoisotopic (exact) mass is 282 g/mol. The van der Waals surface area contributed by atoms with E-state index in [0.717, 1.165) is 38.5 Å². The average molecular weight is 282 g/mol. The van der Waals surface area contributed by atoms with Crippen LogP contribution in [0.15, 0.2) is 0 Å². The molecule has 0 aromatic rings. The number of hydrogen-bond acceptors (Lipinski definition) is 3. The fourth-order valence-corrected chi connectivity index (χ4v) is 3.60. The Morgan fingerprint density at radius 1 is 1.30 bits per heavy atom. The summed E-state index contributed by atoms with van der Waals surface area (Å²) in [6, 6.07) is 0.701. The fourth-order valence-electron chi connectivity index (χ4n) is 3.60. The van der Waals surface area contributed by atoms with Crippen LogP contribution < -0.4 is 5.73 Å². The van der Waals surface area contributed by atoms with Gasteiger partial charge in [-0.3, -0.25) is 4.79 Å². The molecule has 0 saturated heterocycles. The van der Waals surface area contributed by atoms with Gasteiger partial charge in [0.05, 0.1) is 0 Å². The minimum atomic E-state index is 0.0839. The minimum absolute atomic E-state index is 0.0839. The standard InChI is InChI=1S/C16H30N2O2/c1-12(13-5-2-6-14(17)11-13)16(20)18(9-4-10-19)15-7-3-8-15/h12-15,19H,2-11,17H2,1H3. The van der Waals surface area contributed by atoms with Gasteiger partial charge in [-0.2, -0.15) is 0 Å². The second-order valence-electron chi connectivity index (χ2n) is 6.67. The van der Waals surface area contributed by atoms with Gasteiger partial charge in [0.15, 0.2) is 0 Å². The van der Waals surface area contributed by atoms with Crippen LogP contribution in [0.2, 0.25) is 0 Å². The van der Waals surface area contributed by atoms with Crippen LogP contribution in [-0.2, 0) is 4.79 Å². The molecular formula is C16H30N2O2. The Morgan fingerprint density at radius 3 is 2.55 bits per heavy atom. The first kappa shape index (κ1) is 15.8. The van der Waals surface area contributed by atoms with E-state index in [0.29, 0.717) is 30.8 Å². The van der Waals surface area contributed by atoms with E-state index in [2.05, 4.69) is 6.92 Å². The molecule has 2 rings (SSSR count). The summed E-state index contributed by atoms with van der Waals surface area (Å²) in [5.41, 5.74) is 6.06. The van der Waals surface area contributed by atoms with E-state index in [1.54, 1.807) is 0 Å². The van der Waals surface area contributed by atoms with Gasteiger partial charge in [0, 0.05) is 31.2 Å². The first-order chi connectivity index (χ1) is 9.63. The highest BCUT2D eigenvalue weighted by Crippen LogP contribution is 2.33. The Kier molecular flexibility index (Phi) is 5.85. The number of nitrogens with zero attached hydrogens (tertiary/aromatic N) is 1. The van der Waals surface area contributed by atoms with Crippen molar-refractivity contribution in [2.75, 3.05) is 13.2 Å². The zero-order valence-electron chi connectivity index (χ0n) is 12.8. The van der Waals surface area contributed by atoms with Gasteiger partial charge in [0.1, 0.15) is 0 Å². The molecule has 0 radical (unpaired) electrons. The van der Waals surface area contributed by atoms with Crippen molar-refractivity contribution in [2.45, 2.75) is 70.4 Å². The van der Waals surface area contributed by atoms with E-state index in [1.807, 2.05) is 4.90 Å². The SMILES string of the molecule is CC(C(=O)N(CCCO)C1CCC1)C1CCCC(N)C1. The van der Waals surface area contributed by atoms with Crippen LogP contribution in [0.3, 0.4) is 0 Å². The molecule has 4 heteroatoms. The highest BCUT2D eigenvalue weighted by atomic mass is 16.3. The molecule has 0 aliphatic heterocycles. The summed E-state index contributed by atoms with van der Waals surface area (Å²) in [4.78, 5) is 14.8. The van der Waals surface area contributed by atoms with Crippen LogP contribution in [0, 0.1) is 11.8 Å². The Hall–Kier alpha value is -0.610. The molecule has 2 fully saturated rings. The van der Waals surface area contributed by atoms with E-state index < -0.39 is 0 Å². The zero-order chi connectivity index (χ0) is 14.5. The van der Waals surface area contributed by atoms with Crippen molar-refractivity contribution < 1.29 is 9.90 Å². The normalized spacial score (nSPS) is 28.8. The van der Waals surface area contributed by atoms with Gasteiger partial charge >= 0.3 is 0 Å². The quantitative estimate of drug-likeness (QED) is 0.782. The summed E-state index contributed by atoms with van der Waals surface area (Å²) in [7, 11) is 0. The van der Waals surface area contributed by atoms with E-state index in [9.17, 15) is 4.79 Å². The summed E-state index contributed by atoms with van der Waals surface area (Å²) >= 11 is 0. The molecule has 0 spiro atoms. The van der Waals surface area contributed by atoms with E-state index in [-0.39, 0.29) is 18.6 Å². The predicted molar refractivity (Wildman–Crippen MR) is 80.2 cm³/mol. The van der Waals surface area contributed by atoms with Gasteiger partial charge in [-0.15, -0.1) is 0 Å². The van der Waals surface area contributed by atoms with Crippen molar-refractivity contribution in [1.82, 2.24) is 4.90 Å². The third kappa shape index (κ3) is 3.73. The van der Waals surface area contributed by atoms with Gasteiger partial charge < -0.3 is 15.7 Å². The number of carbonyl (C=O) groups is 1. The lowest BCUT2D eigenvalue weighted by Crippen LogP contribution is -2.49. The molecule has 0 heterocycles. The average Bonchev–Trinajstić information content (AvgIpc) is 2.39. The molecule has 20 heavy (non-hydrogen) atoms. The molecule has 2 aliphatic carbocycles. The second-order valence-corrected chi connectivity index (χ2v) is 6.67. The summed E-state index contributed by atoms with van der Waals surface area (Å²) in [6.45, 7) is 2.96. The minimum Gasteiger partial charge on any atom is -0.396 e. The Morgan fingerprint density at radius 2 is 2.00 bits per heavy atom. The number of aliphatic hydroxyl groups is 1. The van der Waals surface area contributed by atoms with Crippen molar-refractivity contribution in [3.63, 3.8) is 0 Å². The molecule has 3 N–H and O–H groups in total. The van der Waals surface area contributed by atoms with Gasteiger partial charge in [-0.05, 0) is 50.9 Å². The molecule has 2 aliphatic rings. The van der Waals surface area contributed by atoms with Gasteiger partial charge in [0.25, 0.3) is 0 Å². The van der Waals surface area contributed by atoms with Crippen LogP contribution in [-0.4, -0.2) is 41.1 Å². The van der Waals surface area contributed by atoms with Gasteiger partial charge in [0.2, 0.25) is 5.91 Å². The van der Waals surface area contributed by atoms with Crippen LogP contribution in [0.5, 0.6) is 0 Å². The fraction of sp³-hybridized carbons (Fsp3) is 0.938. The maximum absolute atomic E-state index is 12.8. The molecule has 0 bridgehead atoms. The number of carbonyl (C=O) groups excluding carboxylic acids is 1.